The van der Waals surface area contributed by atoms with Gasteiger partial charge in [0.25, 0.3) is 0 Å². The van der Waals surface area contributed by atoms with Crippen molar-refractivity contribution in [3.63, 3.8) is 0 Å². The molecule has 0 spiro atoms. The van der Waals surface area contributed by atoms with Crippen LogP contribution in [0.3, 0.4) is 0 Å². The van der Waals surface area contributed by atoms with Crippen molar-refractivity contribution >= 4 is 35.5 Å². The fourth-order valence-corrected chi connectivity index (χ4v) is 2.65. The lowest BCUT2D eigenvalue weighted by molar-refractivity contribution is -0.143. The number of primary amides is 2. The molecule has 5 amide bonds. The van der Waals surface area contributed by atoms with Crippen molar-refractivity contribution in [2.75, 3.05) is 0 Å². The number of hydrogen-bond acceptors (Lipinski definition) is 7. The molecule has 0 bridgehead atoms. The number of carboxylic acids is 1. The van der Waals surface area contributed by atoms with E-state index in [0.717, 1.165) is 0 Å². The lowest BCUT2D eigenvalue weighted by Gasteiger charge is -2.25. The summed E-state index contributed by atoms with van der Waals surface area (Å²) in [7, 11) is 0. The van der Waals surface area contributed by atoms with Crippen molar-refractivity contribution in [3.8, 4) is 0 Å². The molecule has 13 nitrogen and oxygen atoms in total. The van der Waals surface area contributed by atoms with Crippen LogP contribution < -0.4 is 33.2 Å². The molecule has 0 aliphatic heterocycles. The molecule has 0 radical (unpaired) electrons. The van der Waals surface area contributed by atoms with Gasteiger partial charge in [-0.1, -0.05) is 13.8 Å². The van der Waals surface area contributed by atoms with E-state index in [0.29, 0.717) is 0 Å². The molecule has 0 aliphatic rings. The number of carbonyl (C=O) groups excluding carboxylic acids is 5. The first-order chi connectivity index (χ1) is 14.7. The van der Waals surface area contributed by atoms with Crippen LogP contribution in [-0.2, 0) is 28.8 Å². The topological polar surface area (TPSA) is 237 Å². The Morgan fingerprint density at radius 2 is 1.09 bits per heavy atom. The molecule has 10 N–H and O–H groups in total. The summed E-state index contributed by atoms with van der Waals surface area (Å²) < 4.78 is 0. The van der Waals surface area contributed by atoms with E-state index in [1.54, 1.807) is 13.8 Å². The molecule has 4 unspecified atom stereocenters. The van der Waals surface area contributed by atoms with Crippen LogP contribution in [0.15, 0.2) is 0 Å². The van der Waals surface area contributed by atoms with Crippen molar-refractivity contribution in [1.29, 1.82) is 0 Å². The Hall–Kier alpha value is -3.22. The Morgan fingerprint density at radius 1 is 0.719 bits per heavy atom. The Labute approximate surface area is 186 Å². The monoisotopic (exact) mass is 458 g/mol. The smallest absolute Gasteiger partial charge is 0.326 e. The third-order valence-corrected chi connectivity index (χ3v) is 4.36. The van der Waals surface area contributed by atoms with E-state index < -0.39 is 59.7 Å². The predicted molar refractivity (Wildman–Crippen MR) is 113 cm³/mol. The molecule has 4 atom stereocenters. The van der Waals surface area contributed by atoms with E-state index in [4.69, 9.17) is 17.2 Å². The lowest BCUT2D eigenvalue weighted by atomic mass is 10.0. The molecule has 0 aliphatic carbocycles. The summed E-state index contributed by atoms with van der Waals surface area (Å²) in [5, 5.41) is 16.4. The van der Waals surface area contributed by atoms with E-state index in [-0.39, 0.29) is 38.0 Å². The van der Waals surface area contributed by atoms with Gasteiger partial charge in [0.1, 0.15) is 18.1 Å². The van der Waals surface area contributed by atoms with E-state index in [1.807, 2.05) is 0 Å². The summed E-state index contributed by atoms with van der Waals surface area (Å²) in [6, 6.07) is -4.71. The second kappa shape index (κ2) is 14.0. The van der Waals surface area contributed by atoms with E-state index in [9.17, 15) is 33.9 Å². The fraction of sp³-hybridized carbons (Fsp3) is 0.684. The average Bonchev–Trinajstić information content (AvgIpc) is 2.66. The van der Waals surface area contributed by atoms with Crippen molar-refractivity contribution in [2.45, 2.75) is 77.0 Å². The van der Waals surface area contributed by atoms with Crippen LogP contribution in [0.5, 0.6) is 0 Å². The van der Waals surface area contributed by atoms with Crippen LogP contribution in [0.2, 0.25) is 0 Å². The van der Waals surface area contributed by atoms with Crippen LogP contribution in [-0.4, -0.2) is 64.8 Å². The van der Waals surface area contributed by atoms with Gasteiger partial charge >= 0.3 is 5.97 Å². The number of aliphatic carboxylic acids is 1. The van der Waals surface area contributed by atoms with Crippen LogP contribution in [0.1, 0.15) is 52.9 Å². The summed E-state index contributed by atoms with van der Waals surface area (Å²) in [6.45, 7) is 4.94. The number of nitrogens with one attached hydrogen (secondary N) is 3. The van der Waals surface area contributed by atoms with Gasteiger partial charge in [-0.15, -0.1) is 0 Å². The molecular formula is C19H34N6O7. The molecule has 0 heterocycles. The second-order valence-electron chi connectivity index (χ2n) is 7.95. The third-order valence-electron chi connectivity index (χ3n) is 4.36. The van der Waals surface area contributed by atoms with E-state index >= 15 is 0 Å². The number of rotatable bonds is 15. The molecule has 0 rings (SSSR count). The highest BCUT2D eigenvalue weighted by Crippen LogP contribution is 2.07. The Kier molecular flexibility index (Phi) is 12.6. The number of nitrogens with two attached hydrogens (primary N) is 3. The Bertz CT molecular complexity index is 710. The van der Waals surface area contributed by atoms with Crippen LogP contribution in [0.25, 0.3) is 0 Å². The molecule has 13 heteroatoms. The fourth-order valence-electron chi connectivity index (χ4n) is 2.65. The van der Waals surface area contributed by atoms with Crippen LogP contribution in [0.4, 0.5) is 0 Å². The van der Waals surface area contributed by atoms with Crippen molar-refractivity contribution in [3.05, 3.63) is 0 Å². The SMILES string of the molecule is CC(C)CC(NC(=O)C(CCC(N)=O)NC(=O)C(CCC(N)=O)NC(=O)C(C)N)C(=O)O. The zero-order valence-corrected chi connectivity index (χ0v) is 18.6. The van der Waals surface area contributed by atoms with Gasteiger partial charge in [0.2, 0.25) is 29.5 Å². The molecular weight excluding hydrogens is 424 g/mol. The maximum atomic E-state index is 12.7. The van der Waals surface area contributed by atoms with Gasteiger partial charge in [0, 0.05) is 12.8 Å². The molecule has 0 aromatic heterocycles. The maximum absolute atomic E-state index is 12.7. The molecule has 0 aromatic carbocycles. The molecule has 0 aromatic rings. The normalized spacial score (nSPS) is 14.5. The van der Waals surface area contributed by atoms with E-state index in [2.05, 4.69) is 16.0 Å². The minimum atomic E-state index is -1.31. The standard InChI is InChI=1S/C19H34N6O7/c1-9(2)8-13(19(31)32)25-18(30)12(5-7-15(22)27)24-17(29)11(4-6-14(21)26)23-16(28)10(3)20/h9-13H,4-8,20H2,1-3H3,(H2,21,26)(H2,22,27)(H,23,28)(H,24,29)(H,25,30)(H,31,32). The minimum Gasteiger partial charge on any atom is -0.480 e. The molecule has 0 saturated carbocycles. The van der Waals surface area contributed by atoms with Crippen molar-refractivity contribution in [1.82, 2.24) is 16.0 Å². The summed E-state index contributed by atoms with van der Waals surface area (Å²) >= 11 is 0. The summed E-state index contributed by atoms with van der Waals surface area (Å²) in [5.41, 5.74) is 15.7. The number of amides is 5. The van der Waals surface area contributed by atoms with Crippen LogP contribution in [0, 0.1) is 5.92 Å². The summed E-state index contributed by atoms with van der Waals surface area (Å²) in [5.74, 6) is -5.07. The molecule has 32 heavy (non-hydrogen) atoms. The highest BCUT2D eigenvalue weighted by Gasteiger charge is 2.30. The predicted octanol–water partition coefficient (Wildman–Crippen LogP) is -2.55. The van der Waals surface area contributed by atoms with Crippen molar-refractivity contribution < 1.29 is 33.9 Å². The highest BCUT2D eigenvalue weighted by atomic mass is 16.4. The van der Waals surface area contributed by atoms with Gasteiger partial charge in [0.15, 0.2) is 0 Å². The Morgan fingerprint density at radius 3 is 1.41 bits per heavy atom. The van der Waals surface area contributed by atoms with Gasteiger partial charge in [-0.3, -0.25) is 24.0 Å². The first-order valence-electron chi connectivity index (χ1n) is 10.2. The number of carbonyl (C=O) groups is 6. The first kappa shape index (κ1) is 28.8. The van der Waals surface area contributed by atoms with Gasteiger partial charge < -0.3 is 38.3 Å². The minimum absolute atomic E-state index is 0.0401. The molecule has 0 fully saturated rings. The van der Waals surface area contributed by atoms with Gasteiger partial charge in [0.05, 0.1) is 6.04 Å². The van der Waals surface area contributed by atoms with Gasteiger partial charge in [-0.05, 0) is 32.1 Å². The van der Waals surface area contributed by atoms with Gasteiger partial charge in [-0.25, -0.2) is 4.79 Å². The summed E-state index contributed by atoms with van der Waals surface area (Å²) in [4.78, 5) is 71.1. The van der Waals surface area contributed by atoms with Gasteiger partial charge in [-0.2, -0.15) is 0 Å². The number of carboxylic acid groups (broad SMARTS) is 1. The maximum Gasteiger partial charge on any atom is 0.326 e. The molecule has 0 saturated heterocycles. The zero-order valence-electron chi connectivity index (χ0n) is 18.6. The first-order valence-corrected chi connectivity index (χ1v) is 10.2. The van der Waals surface area contributed by atoms with Crippen molar-refractivity contribution in [2.24, 2.45) is 23.1 Å². The van der Waals surface area contributed by atoms with Crippen LogP contribution >= 0.6 is 0 Å². The lowest BCUT2D eigenvalue weighted by Crippen LogP contribution is -2.57. The second-order valence-corrected chi connectivity index (χ2v) is 7.95. The Balaban J connectivity index is 5.54. The zero-order chi connectivity index (χ0) is 25.0. The quantitative estimate of drug-likeness (QED) is 0.137. The molecule has 182 valence electrons. The largest absolute Gasteiger partial charge is 0.480 e. The highest BCUT2D eigenvalue weighted by molar-refractivity contribution is 5.94. The third kappa shape index (κ3) is 11.8. The summed E-state index contributed by atoms with van der Waals surface area (Å²) in [6.07, 6.45) is -0.716. The average molecular weight is 459 g/mol. The van der Waals surface area contributed by atoms with E-state index in [1.165, 1.54) is 6.92 Å². The number of hydrogen-bond donors (Lipinski definition) is 7.